The van der Waals surface area contributed by atoms with Gasteiger partial charge in [-0.1, -0.05) is 16.9 Å². The number of thioether (sulfide) groups is 1. The summed E-state index contributed by atoms with van der Waals surface area (Å²) in [6.07, 6.45) is 1.67. The van der Waals surface area contributed by atoms with Gasteiger partial charge in [-0.2, -0.15) is 4.98 Å². The number of amides is 1. The van der Waals surface area contributed by atoms with Gasteiger partial charge in [-0.15, -0.1) is 0 Å². The third kappa shape index (κ3) is 4.60. The highest BCUT2D eigenvalue weighted by Crippen LogP contribution is 2.28. The maximum atomic E-state index is 12.2. The Hall–Kier alpha value is -2.87. The highest BCUT2D eigenvalue weighted by atomic mass is 32.2. The highest BCUT2D eigenvalue weighted by molar-refractivity contribution is 8.00. The zero-order valence-corrected chi connectivity index (χ0v) is 15.2. The van der Waals surface area contributed by atoms with Gasteiger partial charge in [0, 0.05) is 11.9 Å². The molecule has 8 heteroatoms. The van der Waals surface area contributed by atoms with Gasteiger partial charge in [0.25, 0.3) is 5.89 Å². The lowest BCUT2D eigenvalue weighted by molar-refractivity contribution is -0.113. The second kappa shape index (κ2) is 8.48. The van der Waals surface area contributed by atoms with Crippen LogP contribution >= 0.6 is 11.8 Å². The Bertz CT molecular complexity index is 880. The van der Waals surface area contributed by atoms with E-state index in [4.69, 9.17) is 9.26 Å². The van der Waals surface area contributed by atoms with Crippen LogP contribution in [0, 0.1) is 6.92 Å². The molecular weight excluding hydrogens is 352 g/mol. The van der Waals surface area contributed by atoms with Gasteiger partial charge in [0.15, 0.2) is 5.82 Å². The van der Waals surface area contributed by atoms with Gasteiger partial charge in [-0.25, -0.2) is 4.98 Å². The average Bonchev–Trinajstić information content (AvgIpc) is 3.08. The normalized spacial score (nSPS) is 10.5. The van der Waals surface area contributed by atoms with E-state index in [0.717, 1.165) is 5.75 Å². The molecule has 0 aliphatic rings. The number of ether oxygens (including phenoxy) is 1. The maximum absolute atomic E-state index is 12.2. The van der Waals surface area contributed by atoms with Crippen molar-refractivity contribution in [3.8, 4) is 17.2 Å². The van der Waals surface area contributed by atoms with Gasteiger partial charge < -0.3 is 14.6 Å². The monoisotopic (exact) mass is 370 g/mol. The number of benzene rings is 1. The Morgan fingerprint density at radius 3 is 2.77 bits per heavy atom. The summed E-state index contributed by atoms with van der Waals surface area (Å²) in [7, 11) is 0. The number of aryl methyl sites for hydroxylation is 1. The first-order valence-electron chi connectivity index (χ1n) is 8.07. The second-order valence-electron chi connectivity index (χ2n) is 5.30. The number of pyridine rings is 1. The molecule has 0 spiro atoms. The third-order valence-corrected chi connectivity index (χ3v) is 4.32. The number of hydrogen-bond acceptors (Lipinski definition) is 7. The molecule has 2 aromatic heterocycles. The molecule has 1 aromatic carbocycles. The summed E-state index contributed by atoms with van der Waals surface area (Å²) in [5.41, 5.74) is 1.43. The molecule has 1 amide bonds. The van der Waals surface area contributed by atoms with E-state index in [1.807, 2.05) is 25.1 Å². The fourth-order valence-electron chi connectivity index (χ4n) is 2.21. The predicted molar refractivity (Wildman–Crippen MR) is 99.2 cm³/mol. The van der Waals surface area contributed by atoms with Gasteiger partial charge in [0.1, 0.15) is 10.8 Å². The minimum absolute atomic E-state index is 0.127. The molecule has 0 aliphatic heterocycles. The molecule has 0 saturated carbocycles. The summed E-state index contributed by atoms with van der Waals surface area (Å²) < 4.78 is 10.6. The molecule has 0 fully saturated rings. The summed E-state index contributed by atoms with van der Waals surface area (Å²) >= 11 is 1.31. The Morgan fingerprint density at radius 2 is 2.08 bits per heavy atom. The Kier molecular flexibility index (Phi) is 5.85. The van der Waals surface area contributed by atoms with E-state index in [1.165, 1.54) is 11.8 Å². The lowest BCUT2D eigenvalue weighted by Crippen LogP contribution is -2.14. The molecular formula is C18H18N4O3S. The number of aromatic nitrogens is 3. The van der Waals surface area contributed by atoms with Crippen molar-refractivity contribution in [2.45, 2.75) is 18.9 Å². The van der Waals surface area contributed by atoms with E-state index < -0.39 is 0 Å². The van der Waals surface area contributed by atoms with Crippen LogP contribution in [0.5, 0.6) is 5.75 Å². The molecule has 3 aromatic rings. The Labute approximate surface area is 155 Å². The SMILES string of the molecule is CCOc1ccc(NC(=O)CSc2ncccc2-c2nc(C)no2)cc1. The molecule has 0 bridgehead atoms. The van der Waals surface area contributed by atoms with E-state index in [-0.39, 0.29) is 11.7 Å². The molecule has 0 aliphatic carbocycles. The van der Waals surface area contributed by atoms with Crippen LogP contribution in [0.2, 0.25) is 0 Å². The van der Waals surface area contributed by atoms with Crippen LogP contribution in [0.15, 0.2) is 52.1 Å². The van der Waals surface area contributed by atoms with Gasteiger partial charge in [-0.05, 0) is 50.2 Å². The average molecular weight is 370 g/mol. The number of carbonyl (C=O) groups excluding carboxylic acids is 1. The first kappa shape index (κ1) is 17.9. The molecule has 7 nitrogen and oxygen atoms in total. The van der Waals surface area contributed by atoms with Crippen molar-refractivity contribution in [2.75, 3.05) is 17.7 Å². The first-order valence-corrected chi connectivity index (χ1v) is 9.05. The second-order valence-corrected chi connectivity index (χ2v) is 6.26. The van der Waals surface area contributed by atoms with Crippen molar-refractivity contribution < 1.29 is 14.1 Å². The zero-order chi connectivity index (χ0) is 18.4. The largest absolute Gasteiger partial charge is 0.494 e. The quantitative estimate of drug-likeness (QED) is 0.636. The summed E-state index contributed by atoms with van der Waals surface area (Å²) in [6, 6.07) is 10.9. The standard InChI is InChI=1S/C18H18N4O3S/c1-3-24-14-8-6-13(7-9-14)21-16(23)11-26-18-15(5-4-10-19-18)17-20-12(2)22-25-17/h4-10H,3,11H2,1-2H3,(H,21,23). The number of nitrogens with zero attached hydrogens (tertiary/aromatic N) is 3. The molecule has 0 saturated heterocycles. The molecule has 1 N–H and O–H groups in total. The van der Waals surface area contributed by atoms with Crippen molar-refractivity contribution in [1.82, 2.24) is 15.1 Å². The fraction of sp³-hybridized carbons (Fsp3) is 0.222. The van der Waals surface area contributed by atoms with Crippen molar-refractivity contribution >= 4 is 23.4 Å². The smallest absolute Gasteiger partial charge is 0.260 e. The molecule has 26 heavy (non-hydrogen) atoms. The lowest BCUT2D eigenvalue weighted by Gasteiger charge is -2.08. The highest BCUT2D eigenvalue weighted by Gasteiger charge is 2.14. The van der Waals surface area contributed by atoms with Crippen LogP contribution in [0.4, 0.5) is 5.69 Å². The van der Waals surface area contributed by atoms with Crippen molar-refractivity contribution in [3.63, 3.8) is 0 Å². The van der Waals surface area contributed by atoms with E-state index >= 15 is 0 Å². The van der Waals surface area contributed by atoms with Gasteiger partial charge >= 0.3 is 0 Å². The molecule has 0 radical (unpaired) electrons. The summed E-state index contributed by atoms with van der Waals surface area (Å²) in [5.74, 6) is 1.80. The molecule has 0 atom stereocenters. The minimum atomic E-state index is -0.127. The fourth-order valence-corrected chi connectivity index (χ4v) is 2.99. The summed E-state index contributed by atoms with van der Waals surface area (Å²) in [5, 5.41) is 7.31. The van der Waals surface area contributed by atoms with Gasteiger partial charge in [0.05, 0.1) is 17.9 Å². The Morgan fingerprint density at radius 1 is 1.27 bits per heavy atom. The Balaban J connectivity index is 1.61. The van der Waals surface area contributed by atoms with Crippen molar-refractivity contribution in [1.29, 1.82) is 0 Å². The minimum Gasteiger partial charge on any atom is -0.494 e. The van der Waals surface area contributed by atoms with Crippen LogP contribution in [-0.4, -0.2) is 33.4 Å². The predicted octanol–water partition coefficient (Wildman–Crippen LogP) is 3.57. The van der Waals surface area contributed by atoms with Gasteiger partial charge in [0.2, 0.25) is 5.91 Å². The molecule has 3 rings (SSSR count). The zero-order valence-electron chi connectivity index (χ0n) is 14.4. The van der Waals surface area contributed by atoms with Crippen LogP contribution in [-0.2, 0) is 4.79 Å². The van der Waals surface area contributed by atoms with E-state index in [9.17, 15) is 4.79 Å². The maximum Gasteiger partial charge on any atom is 0.260 e. The van der Waals surface area contributed by atoms with Crippen LogP contribution in [0.1, 0.15) is 12.7 Å². The number of carbonyl (C=O) groups is 1. The molecule has 0 unspecified atom stereocenters. The van der Waals surface area contributed by atoms with Crippen LogP contribution in [0.25, 0.3) is 11.5 Å². The van der Waals surface area contributed by atoms with E-state index in [2.05, 4.69) is 20.4 Å². The topological polar surface area (TPSA) is 90.1 Å². The first-order chi connectivity index (χ1) is 12.7. The van der Waals surface area contributed by atoms with Crippen molar-refractivity contribution in [3.05, 3.63) is 48.4 Å². The van der Waals surface area contributed by atoms with Crippen molar-refractivity contribution in [2.24, 2.45) is 0 Å². The van der Waals surface area contributed by atoms with E-state index in [0.29, 0.717) is 34.6 Å². The number of rotatable bonds is 7. The number of hydrogen-bond donors (Lipinski definition) is 1. The van der Waals surface area contributed by atoms with E-state index in [1.54, 1.807) is 31.3 Å². The van der Waals surface area contributed by atoms with Crippen LogP contribution < -0.4 is 10.1 Å². The number of nitrogens with one attached hydrogen (secondary N) is 1. The van der Waals surface area contributed by atoms with Gasteiger partial charge in [-0.3, -0.25) is 4.79 Å². The lowest BCUT2D eigenvalue weighted by atomic mass is 10.3. The van der Waals surface area contributed by atoms with Crippen LogP contribution in [0.3, 0.4) is 0 Å². The summed E-state index contributed by atoms with van der Waals surface area (Å²) in [6.45, 7) is 4.28. The third-order valence-electron chi connectivity index (χ3n) is 3.32. The molecule has 134 valence electrons. The summed E-state index contributed by atoms with van der Waals surface area (Å²) in [4.78, 5) is 20.7. The molecule has 2 heterocycles. The number of anilines is 1.